The second-order valence-corrected chi connectivity index (χ2v) is 5.86. The van der Waals surface area contributed by atoms with E-state index in [1.54, 1.807) is 7.11 Å². The van der Waals surface area contributed by atoms with Crippen molar-refractivity contribution in [2.75, 3.05) is 19.1 Å². The number of hydrazine groups is 1. The Morgan fingerprint density at radius 3 is 2.81 bits per heavy atom. The Balaban J connectivity index is 1.92. The third-order valence-corrected chi connectivity index (χ3v) is 4.56. The predicted octanol–water partition coefficient (Wildman–Crippen LogP) is 2.10. The molecular formula is C15H24N4O2. The molecule has 1 aromatic rings. The summed E-state index contributed by atoms with van der Waals surface area (Å²) >= 11 is 0. The Morgan fingerprint density at radius 2 is 2.10 bits per heavy atom. The molecule has 0 bridgehead atoms. The average molecular weight is 292 g/mol. The van der Waals surface area contributed by atoms with Crippen LogP contribution in [0.5, 0.6) is 0 Å². The van der Waals surface area contributed by atoms with E-state index in [1.807, 2.05) is 0 Å². The van der Waals surface area contributed by atoms with Crippen molar-refractivity contribution < 1.29 is 9.47 Å². The molecule has 6 heteroatoms. The Bertz CT molecular complexity index is 472. The zero-order valence-corrected chi connectivity index (χ0v) is 12.6. The van der Waals surface area contributed by atoms with E-state index in [-0.39, 0.29) is 6.10 Å². The molecule has 0 aromatic carbocycles. The Morgan fingerprint density at radius 1 is 1.29 bits per heavy atom. The van der Waals surface area contributed by atoms with Crippen LogP contribution in [0.4, 0.5) is 5.82 Å². The van der Waals surface area contributed by atoms with E-state index >= 15 is 0 Å². The lowest BCUT2D eigenvalue weighted by Gasteiger charge is -2.29. The van der Waals surface area contributed by atoms with E-state index in [0.29, 0.717) is 24.9 Å². The molecule has 1 aromatic heterocycles. The first kappa shape index (κ1) is 14.7. The van der Waals surface area contributed by atoms with E-state index in [0.717, 1.165) is 23.5 Å². The molecule has 2 aliphatic rings. The molecule has 1 unspecified atom stereocenters. The van der Waals surface area contributed by atoms with Crippen LogP contribution in [-0.4, -0.2) is 23.7 Å². The largest absolute Gasteiger partial charge is 0.376 e. The van der Waals surface area contributed by atoms with Crippen molar-refractivity contribution in [3.8, 4) is 0 Å². The van der Waals surface area contributed by atoms with Crippen molar-refractivity contribution in [1.82, 2.24) is 9.97 Å². The number of nitrogens with two attached hydrogens (primary N) is 1. The molecule has 3 N–H and O–H groups in total. The van der Waals surface area contributed by atoms with Gasteiger partial charge in [-0.3, -0.25) is 0 Å². The third-order valence-electron chi connectivity index (χ3n) is 4.56. The maximum absolute atomic E-state index is 5.74. The van der Waals surface area contributed by atoms with E-state index in [2.05, 4.69) is 10.4 Å². The van der Waals surface area contributed by atoms with Gasteiger partial charge in [0.1, 0.15) is 11.9 Å². The van der Waals surface area contributed by atoms with Gasteiger partial charge in [-0.05, 0) is 18.8 Å². The molecule has 1 atom stereocenters. The van der Waals surface area contributed by atoms with E-state index in [1.165, 1.54) is 32.1 Å². The van der Waals surface area contributed by atoms with Gasteiger partial charge >= 0.3 is 0 Å². The van der Waals surface area contributed by atoms with Gasteiger partial charge in [0, 0.05) is 19.1 Å². The number of nitrogens with one attached hydrogen (secondary N) is 1. The first-order valence-electron chi connectivity index (χ1n) is 7.80. The minimum absolute atomic E-state index is 0.0365. The Labute approximate surface area is 125 Å². The van der Waals surface area contributed by atoms with Crippen LogP contribution in [0.3, 0.4) is 0 Å². The maximum atomic E-state index is 5.74. The van der Waals surface area contributed by atoms with Gasteiger partial charge in [0.2, 0.25) is 0 Å². The van der Waals surface area contributed by atoms with Crippen molar-refractivity contribution in [3.05, 3.63) is 17.1 Å². The molecule has 0 spiro atoms. The summed E-state index contributed by atoms with van der Waals surface area (Å²) in [5.74, 6) is 7.57. The van der Waals surface area contributed by atoms with Crippen LogP contribution in [-0.2, 0) is 22.5 Å². The molecule has 2 heterocycles. The zero-order valence-electron chi connectivity index (χ0n) is 12.6. The summed E-state index contributed by atoms with van der Waals surface area (Å²) in [4.78, 5) is 9.36. The smallest absolute Gasteiger partial charge is 0.160 e. The lowest BCUT2D eigenvalue weighted by Crippen LogP contribution is -2.25. The summed E-state index contributed by atoms with van der Waals surface area (Å²) in [5.41, 5.74) is 4.71. The summed E-state index contributed by atoms with van der Waals surface area (Å²) in [6.45, 7) is 1.23. The van der Waals surface area contributed by atoms with Crippen molar-refractivity contribution in [1.29, 1.82) is 0 Å². The second kappa shape index (κ2) is 6.68. The van der Waals surface area contributed by atoms with Crippen LogP contribution in [0, 0.1) is 5.92 Å². The highest BCUT2D eigenvalue weighted by molar-refractivity contribution is 5.46. The van der Waals surface area contributed by atoms with Gasteiger partial charge in [-0.1, -0.05) is 19.3 Å². The molecule has 116 valence electrons. The van der Waals surface area contributed by atoms with Crippen LogP contribution >= 0.6 is 0 Å². The average Bonchev–Trinajstić information content (AvgIpc) is 2.56. The quantitative estimate of drug-likeness (QED) is 0.653. The minimum atomic E-state index is -0.0365. The number of hydrogen-bond donors (Lipinski definition) is 2. The van der Waals surface area contributed by atoms with E-state index in [9.17, 15) is 0 Å². The Kier molecular flexibility index (Phi) is 4.67. The molecule has 3 rings (SSSR count). The summed E-state index contributed by atoms with van der Waals surface area (Å²) in [5, 5.41) is 0. The number of anilines is 1. The number of ether oxygens (including phenoxy) is 2. The van der Waals surface area contributed by atoms with Gasteiger partial charge in [-0.15, -0.1) is 0 Å². The highest BCUT2D eigenvalue weighted by Gasteiger charge is 2.29. The predicted molar refractivity (Wildman–Crippen MR) is 79.5 cm³/mol. The normalized spacial score (nSPS) is 20.9. The molecule has 21 heavy (non-hydrogen) atoms. The fourth-order valence-corrected chi connectivity index (χ4v) is 3.44. The van der Waals surface area contributed by atoms with Crippen LogP contribution in [0.15, 0.2) is 0 Å². The number of aromatic nitrogens is 2. The molecule has 1 aliphatic carbocycles. The van der Waals surface area contributed by atoms with Crippen LogP contribution in [0.1, 0.15) is 55.3 Å². The number of nitrogens with zero attached hydrogens (tertiary/aromatic N) is 2. The van der Waals surface area contributed by atoms with Crippen LogP contribution in [0.25, 0.3) is 0 Å². The molecule has 6 nitrogen and oxygen atoms in total. The minimum Gasteiger partial charge on any atom is -0.376 e. The molecule has 1 saturated carbocycles. The maximum Gasteiger partial charge on any atom is 0.160 e. The Hall–Kier alpha value is -1.24. The fraction of sp³-hybridized carbons (Fsp3) is 0.733. The lowest BCUT2D eigenvalue weighted by atomic mass is 9.85. The standard InChI is InChI=1S/C15H24N4O2/c1-20-13(10-5-3-2-4-6-10)15-17-12-7-8-21-9-11(12)14(18-15)19-16/h10,13H,2-9,16H2,1H3,(H,17,18,19). The number of nitrogen functional groups attached to an aromatic ring is 1. The van der Waals surface area contributed by atoms with Gasteiger partial charge in [0.05, 0.1) is 18.9 Å². The molecule has 0 radical (unpaired) electrons. The number of rotatable bonds is 4. The SMILES string of the molecule is COC(c1nc2c(c(NN)n1)COCC2)C1CCCCC1. The van der Waals surface area contributed by atoms with Gasteiger partial charge in [0.25, 0.3) is 0 Å². The fourth-order valence-electron chi connectivity index (χ4n) is 3.44. The summed E-state index contributed by atoms with van der Waals surface area (Å²) in [7, 11) is 1.75. The van der Waals surface area contributed by atoms with Crippen molar-refractivity contribution in [2.24, 2.45) is 11.8 Å². The summed E-state index contributed by atoms with van der Waals surface area (Å²) in [6.07, 6.45) is 7.01. The third kappa shape index (κ3) is 3.02. The van der Waals surface area contributed by atoms with Gasteiger partial charge in [-0.2, -0.15) is 0 Å². The van der Waals surface area contributed by atoms with Crippen molar-refractivity contribution in [3.63, 3.8) is 0 Å². The first-order chi connectivity index (χ1) is 10.3. The molecule has 1 aliphatic heterocycles. The molecular weight excluding hydrogens is 268 g/mol. The van der Waals surface area contributed by atoms with E-state index in [4.69, 9.17) is 20.3 Å². The molecule has 0 saturated heterocycles. The first-order valence-corrected chi connectivity index (χ1v) is 7.80. The summed E-state index contributed by atoms with van der Waals surface area (Å²) in [6, 6.07) is 0. The monoisotopic (exact) mass is 292 g/mol. The van der Waals surface area contributed by atoms with Crippen molar-refractivity contribution >= 4 is 5.82 Å². The van der Waals surface area contributed by atoms with Crippen LogP contribution < -0.4 is 11.3 Å². The second-order valence-electron chi connectivity index (χ2n) is 5.86. The summed E-state index contributed by atoms with van der Waals surface area (Å²) < 4.78 is 11.2. The molecule has 0 amide bonds. The zero-order chi connectivity index (χ0) is 14.7. The number of hydrogen-bond acceptors (Lipinski definition) is 6. The van der Waals surface area contributed by atoms with Crippen molar-refractivity contribution in [2.45, 2.75) is 51.2 Å². The number of fused-ring (bicyclic) bond motifs is 1. The van der Waals surface area contributed by atoms with Crippen LogP contribution in [0.2, 0.25) is 0 Å². The molecule has 1 fully saturated rings. The van der Waals surface area contributed by atoms with Gasteiger partial charge in [-0.25, -0.2) is 15.8 Å². The number of methoxy groups -OCH3 is 1. The topological polar surface area (TPSA) is 82.3 Å². The van der Waals surface area contributed by atoms with E-state index < -0.39 is 0 Å². The lowest BCUT2D eigenvalue weighted by molar-refractivity contribution is 0.0283. The van der Waals surface area contributed by atoms with Gasteiger partial charge < -0.3 is 14.9 Å². The highest BCUT2D eigenvalue weighted by Crippen LogP contribution is 2.36. The van der Waals surface area contributed by atoms with Gasteiger partial charge in [0.15, 0.2) is 5.82 Å². The highest BCUT2D eigenvalue weighted by atomic mass is 16.5.